The van der Waals surface area contributed by atoms with Crippen LogP contribution in [0.2, 0.25) is 10.0 Å². The molecule has 8 nitrogen and oxygen atoms in total. The van der Waals surface area contributed by atoms with Crippen LogP contribution >= 0.6 is 23.2 Å². The predicted molar refractivity (Wildman–Crippen MR) is 134 cm³/mol. The smallest absolute Gasteiger partial charge is 0.261 e. The number of halogens is 2. The van der Waals surface area contributed by atoms with Gasteiger partial charge in [-0.15, -0.1) is 0 Å². The van der Waals surface area contributed by atoms with Crippen molar-refractivity contribution in [3.8, 4) is 0 Å². The van der Waals surface area contributed by atoms with Gasteiger partial charge in [0.1, 0.15) is 17.8 Å². The Bertz CT molecular complexity index is 1550. The van der Waals surface area contributed by atoms with E-state index in [0.29, 0.717) is 16.1 Å². The van der Waals surface area contributed by atoms with E-state index < -0.39 is 15.8 Å². The first-order valence-corrected chi connectivity index (χ1v) is 12.5. The normalized spacial score (nSPS) is 11.8. The minimum atomic E-state index is -4.01. The third-order valence-corrected chi connectivity index (χ3v) is 7.56. The van der Waals surface area contributed by atoms with Crippen LogP contribution in [0, 0.1) is 6.92 Å². The van der Waals surface area contributed by atoms with Crippen molar-refractivity contribution < 1.29 is 13.2 Å². The van der Waals surface area contributed by atoms with Gasteiger partial charge in [0.05, 0.1) is 26.6 Å². The molecular formula is C23H21Cl2N5O3S. The van der Waals surface area contributed by atoms with Crippen molar-refractivity contribution in [3.63, 3.8) is 0 Å². The number of ketones is 1. The second-order valence-electron chi connectivity index (χ2n) is 8.01. The van der Waals surface area contributed by atoms with Gasteiger partial charge in [0.2, 0.25) is 0 Å². The van der Waals surface area contributed by atoms with Crippen molar-refractivity contribution >= 4 is 61.5 Å². The molecule has 0 amide bonds. The SMILES string of the molecule is Cc1ccc(S(=O)(=O)Nc2cccc(C(=O)c3cn(C(C)C)c4ncnc(N)c34)c2Cl)cc1Cl. The van der Waals surface area contributed by atoms with Crippen LogP contribution in [-0.4, -0.2) is 28.7 Å². The predicted octanol–water partition coefficient (Wildman–Crippen LogP) is 5.24. The Morgan fingerprint density at radius 1 is 1.12 bits per heavy atom. The van der Waals surface area contributed by atoms with E-state index in [2.05, 4.69) is 14.7 Å². The quantitative estimate of drug-likeness (QED) is 0.337. The molecule has 176 valence electrons. The molecule has 0 aliphatic carbocycles. The summed E-state index contributed by atoms with van der Waals surface area (Å²) in [5.74, 6) is -0.271. The molecule has 2 heterocycles. The topological polar surface area (TPSA) is 120 Å². The molecule has 0 spiro atoms. The number of fused-ring (bicyclic) bond motifs is 1. The van der Waals surface area contributed by atoms with Crippen LogP contribution in [0.4, 0.5) is 11.5 Å². The summed E-state index contributed by atoms with van der Waals surface area (Å²) in [5.41, 5.74) is 7.78. The summed E-state index contributed by atoms with van der Waals surface area (Å²) in [4.78, 5) is 21.8. The third-order valence-electron chi connectivity index (χ3n) is 5.38. The van der Waals surface area contributed by atoms with E-state index >= 15 is 0 Å². The molecule has 0 unspecified atom stereocenters. The van der Waals surface area contributed by atoms with Crippen LogP contribution in [-0.2, 0) is 10.0 Å². The van der Waals surface area contributed by atoms with Crippen LogP contribution in [0.25, 0.3) is 11.0 Å². The average molecular weight is 518 g/mol. The van der Waals surface area contributed by atoms with Crippen molar-refractivity contribution in [1.82, 2.24) is 14.5 Å². The third kappa shape index (κ3) is 4.22. The van der Waals surface area contributed by atoms with Gasteiger partial charge >= 0.3 is 0 Å². The van der Waals surface area contributed by atoms with Crippen molar-refractivity contribution in [2.24, 2.45) is 0 Å². The zero-order valence-electron chi connectivity index (χ0n) is 18.5. The molecule has 11 heteroatoms. The summed E-state index contributed by atoms with van der Waals surface area (Å²) in [6.45, 7) is 5.67. The molecule has 0 bridgehead atoms. The number of rotatable bonds is 6. The summed E-state index contributed by atoms with van der Waals surface area (Å²) >= 11 is 12.6. The Balaban J connectivity index is 1.77. The zero-order chi connectivity index (χ0) is 24.8. The molecule has 2 aromatic carbocycles. The number of anilines is 2. The molecule has 2 aromatic heterocycles. The van der Waals surface area contributed by atoms with Gasteiger partial charge in [0, 0.05) is 22.8 Å². The van der Waals surface area contributed by atoms with Crippen molar-refractivity contribution in [2.75, 3.05) is 10.5 Å². The van der Waals surface area contributed by atoms with E-state index in [1.807, 2.05) is 18.4 Å². The van der Waals surface area contributed by atoms with Gasteiger partial charge in [-0.3, -0.25) is 9.52 Å². The van der Waals surface area contributed by atoms with Crippen LogP contribution in [0.15, 0.2) is 53.8 Å². The number of carbonyl (C=O) groups excluding carboxylic acids is 1. The maximum atomic E-state index is 13.5. The standard InChI is InChI=1S/C23H21Cl2N5O3S/c1-12(2)30-10-16(19-22(26)27-11-28-23(19)30)21(31)15-5-4-6-18(20(15)25)29-34(32,33)14-8-7-13(3)17(24)9-14/h4-12,29H,1-3H3,(H2,26,27,28). The molecule has 0 radical (unpaired) electrons. The van der Waals surface area contributed by atoms with Crippen molar-refractivity contribution in [3.05, 3.63) is 75.7 Å². The highest BCUT2D eigenvalue weighted by Gasteiger charge is 2.25. The lowest BCUT2D eigenvalue weighted by Crippen LogP contribution is -2.14. The summed E-state index contributed by atoms with van der Waals surface area (Å²) in [6.07, 6.45) is 2.99. The van der Waals surface area contributed by atoms with Crippen LogP contribution in [0.5, 0.6) is 0 Å². The van der Waals surface area contributed by atoms with Crippen LogP contribution < -0.4 is 10.5 Å². The largest absolute Gasteiger partial charge is 0.383 e. The lowest BCUT2D eigenvalue weighted by atomic mass is 10.0. The van der Waals surface area contributed by atoms with Gasteiger partial charge in [-0.2, -0.15) is 0 Å². The average Bonchev–Trinajstić information content (AvgIpc) is 3.18. The molecular weight excluding hydrogens is 497 g/mol. The number of carbonyl (C=O) groups is 1. The Morgan fingerprint density at radius 2 is 1.85 bits per heavy atom. The number of sulfonamides is 1. The summed E-state index contributed by atoms with van der Waals surface area (Å²) in [6, 6.07) is 8.94. The number of nitrogen functional groups attached to an aromatic ring is 1. The Labute approximate surface area is 206 Å². The number of hydrogen-bond acceptors (Lipinski definition) is 6. The van der Waals surface area contributed by atoms with Gasteiger partial charge in [0.25, 0.3) is 10.0 Å². The van der Waals surface area contributed by atoms with Gasteiger partial charge in [0.15, 0.2) is 5.78 Å². The van der Waals surface area contributed by atoms with E-state index in [1.54, 1.807) is 25.3 Å². The van der Waals surface area contributed by atoms with E-state index in [0.717, 1.165) is 5.56 Å². The Kier molecular flexibility index (Phi) is 6.28. The van der Waals surface area contributed by atoms with E-state index in [1.165, 1.54) is 30.6 Å². The van der Waals surface area contributed by atoms with Crippen molar-refractivity contribution in [2.45, 2.75) is 31.7 Å². The molecule has 3 N–H and O–H groups in total. The molecule has 4 aromatic rings. The number of benzene rings is 2. The molecule has 0 saturated carbocycles. The van der Waals surface area contributed by atoms with Crippen LogP contribution in [0.1, 0.15) is 41.4 Å². The molecule has 34 heavy (non-hydrogen) atoms. The fourth-order valence-electron chi connectivity index (χ4n) is 3.55. The van der Waals surface area contributed by atoms with E-state index in [4.69, 9.17) is 28.9 Å². The first kappa shape index (κ1) is 24.0. The fourth-order valence-corrected chi connectivity index (χ4v) is 5.21. The highest BCUT2D eigenvalue weighted by molar-refractivity contribution is 7.92. The Morgan fingerprint density at radius 3 is 2.53 bits per heavy atom. The van der Waals surface area contributed by atoms with E-state index in [-0.39, 0.29) is 38.6 Å². The highest BCUT2D eigenvalue weighted by Crippen LogP contribution is 2.34. The van der Waals surface area contributed by atoms with Gasteiger partial charge < -0.3 is 10.3 Å². The number of nitrogens with two attached hydrogens (primary N) is 1. The van der Waals surface area contributed by atoms with Crippen LogP contribution in [0.3, 0.4) is 0 Å². The molecule has 4 rings (SSSR count). The lowest BCUT2D eigenvalue weighted by Gasteiger charge is -2.13. The number of nitrogens with one attached hydrogen (secondary N) is 1. The molecule has 0 atom stereocenters. The van der Waals surface area contributed by atoms with Gasteiger partial charge in [-0.05, 0) is 50.6 Å². The number of hydrogen-bond donors (Lipinski definition) is 2. The highest BCUT2D eigenvalue weighted by atomic mass is 35.5. The summed E-state index contributed by atoms with van der Waals surface area (Å²) < 4.78 is 30.1. The summed E-state index contributed by atoms with van der Waals surface area (Å²) in [5, 5.41) is 0.687. The molecule has 0 saturated heterocycles. The number of aromatic nitrogens is 3. The minimum absolute atomic E-state index is 0.00768. The number of nitrogens with zero attached hydrogens (tertiary/aromatic N) is 3. The number of aryl methyl sites for hydroxylation is 1. The second kappa shape index (κ2) is 8.90. The minimum Gasteiger partial charge on any atom is -0.383 e. The lowest BCUT2D eigenvalue weighted by molar-refractivity contribution is 0.104. The van der Waals surface area contributed by atoms with Gasteiger partial charge in [-0.25, -0.2) is 18.4 Å². The van der Waals surface area contributed by atoms with Gasteiger partial charge in [-0.1, -0.05) is 35.3 Å². The second-order valence-corrected chi connectivity index (χ2v) is 10.5. The molecule has 0 aliphatic heterocycles. The fraction of sp³-hybridized carbons (Fsp3) is 0.174. The maximum absolute atomic E-state index is 13.5. The monoisotopic (exact) mass is 517 g/mol. The van der Waals surface area contributed by atoms with E-state index in [9.17, 15) is 13.2 Å². The maximum Gasteiger partial charge on any atom is 0.261 e. The first-order chi connectivity index (χ1) is 16.0. The zero-order valence-corrected chi connectivity index (χ0v) is 20.8. The Hall–Kier alpha value is -3.14. The van der Waals surface area contributed by atoms with Crippen molar-refractivity contribution in [1.29, 1.82) is 0 Å². The summed E-state index contributed by atoms with van der Waals surface area (Å²) in [7, 11) is -4.01. The molecule has 0 aliphatic rings. The molecule has 0 fully saturated rings. The first-order valence-electron chi connectivity index (χ1n) is 10.2.